The molecule has 6 N–H and O–H groups in total. The molecule has 160 valence electrons. The lowest BCUT2D eigenvalue weighted by atomic mass is 10.00. The van der Waals surface area contributed by atoms with E-state index in [1.54, 1.807) is 0 Å². The maximum Gasteiger partial charge on any atom is 0.136 e. The predicted molar refractivity (Wildman–Crippen MR) is 130 cm³/mol. The average molecular weight is 407 g/mol. The minimum atomic E-state index is 0.243. The van der Waals surface area contributed by atoms with Gasteiger partial charge in [0.05, 0.1) is 11.3 Å². The zero-order chi connectivity index (χ0) is 22.3. The summed E-state index contributed by atoms with van der Waals surface area (Å²) in [6.45, 7) is 11.4. The number of hydrogen-bond acceptors (Lipinski definition) is 5. The van der Waals surface area contributed by atoms with Gasteiger partial charge in [0.2, 0.25) is 0 Å². The fourth-order valence-electron chi connectivity index (χ4n) is 3.13. The third-order valence-electron chi connectivity index (χ3n) is 5.02. The minimum Gasteiger partial charge on any atom is -0.383 e. The van der Waals surface area contributed by atoms with E-state index in [0.29, 0.717) is 17.1 Å². The molecule has 0 fully saturated rings. The number of rotatable bonds is 10. The van der Waals surface area contributed by atoms with Crippen molar-refractivity contribution in [3.8, 4) is 0 Å². The van der Waals surface area contributed by atoms with Crippen LogP contribution in [0.3, 0.4) is 0 Å². The smallest absolute Gasteiger partial charge is 0.136 e. The minimum absolute atomic E-state index is 0.243. The molecule has 1 heterocycles. The van der Waals surface area contributed by atoms with Gasteiger partial charge in [0, 0.05) is 5.56 Å². The molecule has 0 spiro atoms. The molecule has 0 unspecified atom stereocenters. The van der Waals surface area contributed by atoms with E-state index < -0.39 is 0 Å². The first-order chi connectivity index (χ1) is 14.2. The Bertz CT molecular complexity index is 925. The van der Waals surface area contributed by atoms with E-state index in [1.165, 1.54) is 5.56 Å². The first kappa shape index (κ1) is 23.2. The highest BCUT2D eigenvalue weighted by atomic mass is 15.0. The maximum atomic E-state index is 6.26. The summed E-state index contributed by atoms with van der Waals surface area (Å²) in [5, 5.41) is 0. The summed E-state index contributed by atoms with van der Waals surface area (Å²) in [5.74, 6) is 0.855. The number of amidine groups is 1. The van der Waals surface area contributed by atoms with Gasteiger partial charge in [-0.3, -0.25) is 0 Å². The largest absolute Gasteiger partial charge is 0.383 e. The van der Waals surface area contributed by atoms with Gasteiger partial charge in [-0.1, -0.05) is 44.3 Å². The Morgan fingerprint density at radius 2 is 1.67 bits per heavy atom. The van der Waals surface area contributed by atoms with Gasteiger partial charge in [0.25, 0.3) is 0 Å². The van der Waals surface area contributed by atoms with Crippen LogP contribution in [-0.4, -0.2) is 36.4 Å². The molecule has 0 radical (unpaired) electrons. The van der Waals surface area contributed by atoms with Crippen LogP contribution in [0, 0.1) is 0 Å². The van der Waals surface area contributed by atoms with Crippen molar-refractivity contribution in [3.63, 3.8) is 0 Å². The Morgan fingerprint density at radius 1 is 1.03 bits per heavy atom. The molecule has 6 heteroatoms. The molecule has 30 heavy (non-hydrogen) atoms. The van der Waals surface area contributed by atoms with Crippen LogP contribution in [0.1, 0.15) is 48.4 Å². The molecule has 0 saturated heterocycles. The van der Waals surface area contributed by atoms with Crippen molar-refractivity contribution in [1.82, 2.24) is 9.88 Å². The SMILES string of the molecule is C=C(N=C(N)c1cc(C(=C)CCCCN(C)C)c(N)nc1N)c1ccc(CC)cc1. The van der Waals surface area contributed by atoms with Gasteiger partial charge in [-0.2, -0.15) is 0 Å². The van der Waals surface area contributed by atoms with Crippen molar-refractivity contribution < 1.29 is 0 Å². The molecule has 2 rings (SSSR count). The number of pyridine rings is 1. The number of anilines is 2. The van der Waals surface area contributed by atoms with Crippen molar-refractivity contribution in [2.75, 3.05) is 32.1 Å². The van der Waals surface area contributed by atoms with Crippen LogP contribution < -0.4 is 17.2 Å². The van der Waals surface area contributed by atoms with Gasteiger partial charge >= 0.3 is 0 Å². The summed E-state index contributed by atoms with van der Waals surface area (Å²) in [6.07, 6.45) is 3.91. The van der Waals surface area contributed by atoms with Crippen LogP contribution in [0.2, 0.25) is 0 Å². The Kier molecular flexibility index (Phi) is 8.18. The number of unbranched alkanes of at least 4 members (excludes halogenated alkanes) is 1. The molecule has 2 aromatic rings. The number of allylic oxidation sites excluding steroid dienone is 1. The molecule has 0 atom stereocenters. The number of aliphatic imine (C=N–C) groups is 1. The monoisotopic (exact) mass is 406 g/mol. The second kappa shape index (κ2) is 10.6. The molecule has 0 bridgehead atoms. The second-order valence-electron chi connectivity index (χ2n) is 7.71. The van der Waals surface area contributed by atoms with Crippen molar-refractivity contribution in [2.24, 2.45) is 10.7 Å². The highest BCUT2D eigenvalue weighted by Gasteiger charge is 2.13. The van der Waals surface area contributed by atoms with E-state index in [2.05, 4.69) is 61.2 Å². The van der Waals surface area contributed by atoms with Crippen LogP contribution in [0.4, 0.5) is 11.6 Å². The molecule has 0 amide bonds. The van der Waals surface area contributed by atoms with Crippen molar-refractivity contribution in [3.05, 3.63) is 65.7 Å². The topological polar surface area (TPSA) is 107 Å². The first-order valence-corrected chi connectivity index (χ1v) is 10.2. The van der Waals surface area contributed by atoms with Gasteiger partial charge in [0.15, 0.2) is 0 Å². The van der Waals surface area contributed by atoms with Gasteiger partial charge < -0.3 is 22.1 Å². The summed E-state index contributed by atoms with van der Waals surface area (Å²) in [5.41, 5.74) is 23.4. The molecule has 6 nitrogen and oxygen atoms in total. The summed E-state index contributed by atoms with van der Waals surface area (Å²) in [4.78, 5) is 10.9. The van der Waals surface area contributed by atoms with Gasteiger partial charge in [-0.05, 0) is 69.1 Å². The van der Waals surface area contributed by atoms with Crippen molar-refractivity contribution in [2.45, 2.75) is 32.6 Å². The number of aromatic nitrogens is 1. The van der Waals surface area contributed by atoms with Crippen LogP contribution in [0.25, 0.3) is 11.3 Å². The van der Waals surface area contributed by atoms with Gasteiger partial charge in [0.1, 0.15) is 17.5 Å². The zero-order valence-corrected chi connectivity index (χ0v) is 18.4. The lowest BCUT2D eigenvalue weighted by Crippen LogP contribution is -2.18. The number of nitrogens with two attached hydrogens (primary N) is 3. The molecule has 0 aliphatic rings. The van der Waals surface area contributed by atoms with E-state index in [9.17, 15) is 0 Å². The van der Waals surface area contributed by atoms with Crippen LogP contribution in [-0.2, 0) is 6.42 Å². The normalized spacial score (nSPS) is 11.7. The zero-order valence-electron chi connectivity index (χ0n) is 18.4. The van der Waals surface area contributed by atoms with Gasteiger partial charge in [-0.15, -0.1) is 0 Å². The summed E-state index contributed by atoms with van der Waals surface area (Å²) >= 11 is 0. The lowest BCUT2D eigenvalue weighted by Gasteiger charge is -2.14. The maximum absolute atomic E-state index is 6.26. The third-order valence-corrected chi connectivity index (χ3v) is 5.02. The number of nitrogens with zero attached hydrogens (tertiary/aromatic N) is 3. The fourth-order valence-corrected chi connectivity index (χ4v) is 3.13. The first-order valence-electron chi connectivity index (χ1n) is 10.2. The molecule has 0 aliphatic heterocycles. The van der Waals surface area contributed by atoms with Crippen molar-refractivity contribution in [1.29, 1.82) is 0 Å². The molecule has 0 aliphatic carbocycles. The fraction of sp³-hybridized carbons (Fsp3) is 0.333. The summed E-state index contributed by atoms with van der Waals surface area (Å²) < 4.78 is 0. The average Bonchev–Trinajstić information content (AvgIpc) is 2.70. The summed E-state index contributed by atoms with van der Waals surface area (Å²) in [6, 6.07) is 9.93. The van der Waals surface area contributed by atoms with Crippen LogP contribution >= 0.6 is 0 Å². The third kappa shape index (κ3) is 6.19. The Labute approximate surface area is 180 Å². The quantitative estimate of drug-likeness (QED) is 0.315. The Hall–Kier alpha value is -3.12. The lowest BCUT2D eigenvalue weighted by molar-refractivity contribution is 0.395. The van der Waals surface area contributed by atoms with Crippen molar-refractivity contribution >= 4 is 28.7 Å². The Morgan fingerprint density at radius 3 is 2.27 bits per heavy atom. The van der Waals surface area contributed by atoms with Crippen LogP contribution in [0.15, 0.2) is 48.5 Å². The summed E-state index contributed by atoms with van der Waals surface area (Å²) in [7, 11) is 4.13. The molecular weight excluding hydrogens is 372 g/mol. The number of aryl methyl sites for hydroxylation is 1. The van der Waals surface area contributed by atoms with E-state index in [4.69, 9.17) is 17.2 Å². The van der Waals surface area contributed by atoms with E-state index in [1.807, 2.05) is 18.2 Å². The molecule has 1 aromatic heterocycles. The van der Waals surface area contributed by atoms with E-state index in [-0.39, 0.29) is 11.7 Å². The molecular formula is C24H34N6. The Balaban J connectivity index is 2.21. The molecule has 0 saturated carbocycles. The highest BCUT2D eigenvalue weighted by Crippen LogP contribution is 2.27. The van der Waals surface area contributed by atoms with E-state index in [0.717, 1.165) is 48.9 Å². The number of hydrogen-bond donors (Lipinski definition) is 3. The highest BCUT2D eigenvalue weighted by molar-refractivity contribution is 6.04. The van der Waals surface area contributed by atoms with E-state index >= 15 is 0 Å². The number of benzene rings is 1. The number of nitrogen functional groups attached to an aromatic ring is 2. The van der Waals surface area contributed by atoms with Gasteiger partial charge in [-0.25, -0.2) is 9.98 Å². The standard InChI is InChI=1S/C24H34N6/c1-6-18-10-12-19(13-11-18)17(3)28-23(26)21-15-20(22(25)29-24(21)27)16(2)9-7-8-14-30(4)5/h10-13,15H,2-3,6-9,14H2,1,4-5H3,(H2,26,28)(H4,25,27,29). The van der Waals surface area contributed by atoms with Crippen LogP contribution in [0.5, 0.6) is 0 Å². The predicted octanol–water partition coefficient (Wildman–Crippen LogP) is 3.93. The molecule has 1 aromatic carbocycles. The second-order valence-corrected chi connectivity index (χ2v) is 7.71.